The van der Waals surface area contributed by atoms with Gasteiger partial charge in [-0.3, -0.25) is 14.5 Å². The van der Waals surface area contributed by atoms with Gasteiger partial charge in [-0.05, 0) is 61.0 Å². The molecule has 0 radical (unpaired) electrons. The summed E-state index contributed by atoms with van der Waals surface area (Å²) in [4.78, 5) is 46.3. The predicted octanol–water partition coefficient (Wildman–Crippen LogP) is 6.17. The van der Waals surface area contributed by atoms with Crippen LogP contribution in [0.25, 0.3) is 10.9 Å². The summed E-state index contributed by atoms with van der Waals surface area (Å²) < 4.78 is 5.21. The van der Waals surface area contributed by atoms with Crippen LogP contribution in [0.3, 0.4) is 0 Å². The number of aromatic nitrogens is 1. The molecule has 1 atom stereocenters. The number of amides is 2. The fourth-order valence-corrected chi connectivity index (χ4v) is 6.12. The van der Waals surface area contributed by atoms with Crippen LogP contribution in [0, 0.1) is 0 Å². The Hall–Kier alpha value is -3.91. The minimum absolute atomic E-state index is 0.0881. The minimum Gasteiger partial charge on any atom is -0.462 e. The van der Waals surface area contributed by atoms with Crippen LogP contribution in [0.15, 0.2) is 72.2 Å². The minimum atomic E-state index is -0.873. The number of aromatic amines is 1. The monoisotopic (exact) mass is 543 g/mol. The summed E-state index contributed by atoms with van der Waals surface area (Å²) in [5.41, 5.74) is 2.60. The van der Waals surface area contributed by atoms with Crippen molar-refractivity contribution in [3.63, 3.8) is 0 Å². The number of nitrogens with one attached hydrogen (secondary N) is 2. The normalized spacial score (nSPS) is 14.6. The zero-order valence-corrected chi connectivity index (χ0v) is 22.8. The van der Waals surface area contributed by atoms with Gasteiger partial charge in [0.15, 0.2) is 0 Å². The first kappa shape index (κ1) is 26.7. The molecule has 1 saturated carbocycles. The van der Waals surface area contributed by atoms with Crippen molar-refractivity contribution < 1.29 is 19.1 Å². The van der Waals surface area contributed by atoms with Gasteiger partial charge in [0.1, 0.15) is 6.04 Å². The Morgan fingerprint density at radius 2 is 1.87 bits per heavy atom. The van der Waals surface area contributed by atoms with Crippen LogP contribution in [-0.2, 0) is 20.7 Å². The highest BCUT2D eigenvalue weighted by atomic mass is 32.1. The van der Waals surface area contributed by atoms with Crippen LogP contribution in [0.2, 0.25) is 0 Å². The van der Waals surface area contributed by atoms with Crippen molar-refractivity contribution in [1.29, 1.82) is 0 Å². The summed E-state index contributed by atoms with van der Waals surface area (Å²) in [7, 11) is 0. The molecule has 0 spiro atoms. The van der Waals surface area contributed by atoms with E-state index in [1.807, 2.05) is 48.0 Å². The number of benzene rings is 2. The van der Waals surface area contributed by atoms with E-state index < -0.39 is 12.0 Å². The Morgan fingerprint density at radius 3 is 2.64 bits per heavy atom. The Balaban J connectivity index is 1.55. The number of carbonyl (C=O) groups excluding carboxylic acids is 3. The van der Waals surface area contributed by atoms with Gasteiger partial charge in [0.05, 0.1) is 18.6 Å². The molecule has 5 rings (SSSR count). The van der Waals surface area contributed by atoms with Gasteiger partial charge in [-0.15, -0.1) is 11.3 Å². The highest BCUT2D eigenvalue weighted by Gasteiger charge is 2.35. The molecule has 0 saturated heterocycles. The van der Waals surface area contributed by atoms with E-state index >= 15 is 0 Å². The quantitative estimate of drug-likeness (QED) is 0.247. The maximum Gasteiger partial charge on any atom is 0.338 e. The summed E-state index contributed by atoms with van der Waals surface area (Å²) in [6.07, 6.45) is 7.15. The number of para-hydroxylation sites is 1. The first-order valence-electron chi connectivity index (χ1n) is 13.5. The van der Waals surface area contributed by atoms with E-state index in [4.69, 9.17) is 4.74 Å². The number of anilines is 1. The van der Waals surface area contributed by atoms with Gasteiger partial charge >= 0.3 is 5.97 Å². The van der Waals surface area contributed by atoms with Crippen molar-refractivity contribution in [2.45, 2.75) is 57.5 Å². The third-order valence-electron chi connectivity index (χ3n) is 7.19. The molecule has 2 heterocycles. The average molecular weight is 544 g/mol. The summed E-state index contributed by atoms with van der Waals surface area (Å²) in [5.74, 6) is -0.918. The second-order valence-electron chi connectivity index (χ2n) is 9.83. The third-order valence-corrected chi connectivity index (χ3v) is 8.12. The maximum absolute atomic E-state index is 14.2. The Bertz CT molecular complexity index is 1440. The molecule has 2 aromatic carbocycles. The van der Waals surface area contributed by atoms with Gasteiger partial charge in [-0.1, -0.05) is 49.6 Å². The van der Waals surface area contributed by atoms with E-state index in [-0.39, 0.29) is 30.9 Å². The Kier molecular flexibility index (Phi) is 8.42. The van der Waals surface area contributed by atoms with Crippen LogP contribution in [0.5, 0.6) is 0 Å². The van der Waals surface area contributed by atoms with E-state index in [0.29, 0.717) is 11.3 Å². The van der Waals surface area contributed by atoms with Crippen LogP contribution in [0.1, 0.15) is 65.9 Å². The lowest BCUT2D eigenvalue weighted by Crippen LogP contribution is -2.47. The topological polar surface area (TPSA) is 91.5 Å². The lowest BCUT2D eigenvalue weighted by molar-refractivity contribution is -0.127. The Labute approximate surface area is 232 Å². The van der Waals surface area contributed by atoms with E-state index in [1.165, 1.54) is 17.8 Å². The first-order chi connectivity index (χ1) is 19.0. The molecule has 4 aromatic rings. The van der Waals surface area contributed by atoms with Gasteiger partial charge in [0.25, 0.3) is 0 Å². The fraction of sp³-hybridized carbons (Fsp3) is 0.323. The maximum atomic E-state index is 14.2. The molecule has 2 aromatic heterocycles. The van der Waals surface area contributed by atoms with Gasteiger partial charge in [0, 0.05) is 33.7 Å². The number of thiophene rings is 1. The number of carbonyl (C=O) groups is 3. The third kappa shape index (κ3) is 6.06. The summed E-state index contributed by atoms with van der Waals surface area (Å²) in [6, 6.07) is 17.6. The van der Waals surface area contributed by atoms with E-state index in [9.17, 15) is 14.4 Å². The van der Waals surface area contributed by atoms with Crippen molar-refractivity contribution >= 4 is 45.7 Å². The number of hydrogen-bond acceptors (Lipinski definition) is 5. The molecule has 8 heteroatoms. The van der Waals surface area contributed by atoms with Crippen LogP contribution in [-0.4, -0.2) is 35.4 Å². The van der Waals surface area contributed by atoms with Crippen LogP contribution in [0.4, 0.5) is 5.69 Å². The highest BCUT2D eigenvalue weighted by Crippen LogP contribution is 2.33. The largest absolute Gasteiger partial charge is 0.462 e. The molecule has 0 unspecified atom stereocenters. The van der Waals surface area contributed by atoms with Gasteiger partial charge in [-0.2, -0.15) is 0 Å². The van der Waals surface area contributed by atoms with Crippen LogP contribution >= 0.6 is 11.3 Å². The molecular weight excluding hydrogens is 510 g/mol. The summed E-state index contributed by atoms with van der Waals surface area (Å²) >= 11 is 1.44. The van der Waals surface area contributed by atoms with Crippen LogP contribution < -0.4 is 10.2 Å². The van der Waals surface area contributed by atoms with Crippen molar-refractivity contribution in [3.05, 3.63) is 88.2 Å². The molecule has 1 fully saturated rings. The molecule has 1 aliphatic rings. The predicted molar refractivity (Wildman–Crippen MR) is 154 cm³/mol. The fourth-order valence-electron chi connectivity index (χ4n) is 5.31. The first-order valence-corrected chi connectivity index (χ1v) is 14.4. The van der Waals surface area contributed by atoms with Gasteiger partial charge in [0.2, 0.25) is 11.8 Å². The number of hydrogen-bond donors (Lipinski definition) is 2. The smallest absolute Gasteiger partial charge is 0.338 e. The zero-order chi connectivity index (χ0) is 27.2. The van der Waals surface area contributed by atoms with Crippen molar-refractivity contribution in [2.75, 3.05) is 11.5 Å². The van der Waals surface area contributed by atoms with Crippen molar-refractivity contribution in [3.8, 4) is 0 Å². The average Bonchev–Trinajstić information content (AvgIpc) is 3.63. The zero-order valence-electron chi connectivity index (χ0n) is 22.0. The summed E-state index contributed by atoms with van der Waals surface area (Å²) in [5, 5.41) is 6.11. The second kappa shape index (κ2) is 12.3. The molecule has 0 bridgehead atoms. The second-order valence-corrected chi connectivity index (χ2v) is 10.8. The molecule has 1 aliphatic carbocycles. The number of fused-ring (bicyclic) bond motifs is 1. The molecule has 7 nitrogen and oxygen atoms in total. The molecule has 39 heavy (non-hydrogen) atoms. The number of ether oxygens (including phenoxy) is 1. The Morgan fingerprint density at radius 1 is 1.05 bits per heavy atom. The molecule has 0 aliphatic heterocycles. The van der Waals surface area contributed by atoms with Crippen molar-refractivity contribution in [1.82, 2.24) is 10.3 Å². The molecule has 2 amide bonds. The molecular formula is C31H33N3O4S. The molecule has 202 valence electrons. The lowest BCUT2D eigenvalue weighted by atomic mass is 9.95. The molecule has 2 N–H and O–H groups in total. The summed E-state index contributed by atoms with van der Waals surface area (Å²) in [6.45, 7) is 2.00. The number of rotatable bonds is 9. The number of H-pyrrole nitrogens is 1. The number of esters is 1. The standard InChI is InChI=1S/C31H33N3O4S/c1-2-38-31(37)21-10-8-13-24(18-21)34(28(35)19-22-20-32-26-15-7-6-14-25(22)26)29(27-16-9-17-39-27)30(36)33-23-11-4-3-5-12-23/h6-10,13-18,20,23,29,32H,2-5,11-12,19H2,1H3,(H,33,36)/t29-/m1/s1. The van der Waals surface area contributed by atoms with Gasteiger partial charge < -0.3 is 15.0 Å². The van der Waals surface area contributed by atoms with E-state index in [2.05, 4.69) is 10.3 Å². The van der Waals surface area contributed by atoms with Gasteiger partial charge in [-0.25, -0.2) is 4.79 Å². The van der Waals surface area contributed by atoms with E-state index in [1.54, 1.807) is 36.1 Å². The van der Waals surface area contributed by atoms with E-state index in [0.717, 1.165) is 47.0 Å². The van der Waals surface area contributed by atoms with Crippen molar-refractivity contribution in [2.24, 2.45) is 0 Å². The highest BCUT2D eigenvalue weighted by molar-refractivity contribution is 7.10. The lowest BCUT2D eigenvalue weighted by Gasteiger charge is -2.33. The SMILES string of the molecule is CCOC(=O)c1cccc(N(C(=O)Cc2c[nH]c3ccccc23)[C@@H](C(=O)NC2CCCCC2)c2cccs2)c1. The number of nitrogens with zero attached hydrogens (tertiary/aromatic N) is 1.